The molecule has 2 aromatic rings. The summed E-state index contributed by atoms with van der Waals surface area (Å²) in [7, 11) is 3.21. The molecule has 0 aliphatic carbocycles. The summed E-state index contributed by atoms with van der Waals surface area (Å²) in [6.45, 7) is 2.11. The zero-order valence-electron chi connectivity index (χ0n) is 14.0. The molecule has 1 N–H and O–H groups in total. The molecule has 0 saturated carbocycles. The zero-order chi connectivity index (χ0) is 16.9. The van der Waals surface area contributed by atoms with Gasteiger partial charge in [-0.15, -0.1) is 0 Å². The van der Waals surface area contributed by atoms with Crippen LogP contribution in [0.2, 0.25) is 0 Å². The molecule has 0 radical (unpaired) electrons. The number of benzene rings is 2. The maximum absolute atomic E-state index is 12.5. The monoisotopic (exact) mass is 326 g/mol. The third-order valence-electron chi connectivity index (χ3n) is 4.25. The van der Waals surface area contributed by atoms with Crippen LogP contribution in [-0.4, -0.2) is 33.2 Å². The Kier molecular flexibility index (Phi) is 4.89. The maximum Gasteiger partial charge on any atom is 0.255 e. The maximum atomic E-state index is 12.5. The van der Waals surface area contributed by atoms with Gasteiger partial charge in [0.2, 0.25) is 0 Å². The highest BCUT2D eigenvalue weighted by atomic mass is 16.5. The summed E-state index contributed by atoms with van der Waals surface area (Å²) in [5.74, 6) is 1.20. The molecule has 3 rings (SSSR count). The molecular weight excluding hydrogens is 304 g/mol. The SMILES string of the molecule is COc1ccc(C(=O)Nc2cc(N3CCCC3)ccc2OC)cc1. The summed E-state index contributed by atoms with van der Waals surface area (Å²) in [6.07, 6.45) is 2.42. The van der Waals surface area contributed by atoms with Gasteiger partial charge in [0.25, 0.3) is 5.91 Å². The Labute approximate surface area is 142 Å². The van der Waals surface area contributed by atoms with E-state index >= 15 is 0 Å². The van der Waals surface area contributed by atoms with Crippen molar-refractivity contribution in [3.8, 4) is 11.5 Å². The Hall–Kier alpha value is -2.69. The lowest BCUT2D eigenvalue weighted by Gasteiger charge is -2.20. The van der Waals surface area contributed by atoms with Crippen LogP contribution in [0, 0.1) is 0 Å². The van der Waals surface area contributed by atoms with Gasteiger partial charge < -0.3 is 19.7 Å². The number of amides is 1. The van der Waals surface area contributed by atoms with Gasteiger partial charge in [-0.1, -0.05) is 0 Å². The Bertz CT molecular complexity index is 707. The van der Waals surface area contributed by atoms with Crippen molar-refractivity contribution < 1.29 is 14.3 Å². The van der Waals surface area contributed by atoms with Gasteiger partial charge in [0, 0.05) is 24.3 Å². The summed E-state index contributed by atoms with van der Waals surface area (Å²) in [5, 5.41) is 2.95. The van der Waals surface area contributed by atoms with Crippen LogP contribution in [0.3, 0.4) is 0 Å². The first-order chi connectivity index (χ1) is 11.7. The molecule has 1 heterocycles. The fourth-order valence-electron chi connectivity index (χ4n) is 2.90. The van der Waals surface area contributed by atoms with Gasteiger partial charge in [0.05, 0.1) is 19.9 Å². The second kappa shape index (κ2) is 7.25. The topological polar surface area (TPSA) is 50.8 Å². The molecule has 126 valence electrons. The van der Waals surface area contributed by atoms with Crippen molar-refractivity contribution in [2.75, 3.05) is 37.5 Å². The van der Waals surface area contributed by atoms with Gasteiger partial charge in [-0.25, -0.2) is 0 Å². The number of carbonyl (C=O) groups is 1. The molecule has 1 fully saturated rings. The highest BCUT2D eigenvalue weighted by Gasteiger charge is 2.16. The van der Waals surface area contributed by atoms with Gasteiger partial charge in [-0.2, -0.15) is 0 Å². The first-order valence-electron chi connectivity index (χ1n) is 8.09. The highest BCUT2D eigenvalue weighted by molar-refractivity contribution is 6.05. The van der Waals surface area contributed by atoms with Crippen LogP contribution in [-0.2, 0) is 0 Å². The lowest BCUT2D eigenvalue weighted by Crippen LogP contribution is -2.18. The Morgan fingerprint density at radius 3 is 2.33 bits per heavy atom. The third-order valence-corrected chi connectivity index (χ3v) is 4.25. The van der Waals surface area contributed by atoms with Crippen LogP contribution in [0.15, 0.2) is 42.5 Å². The first kappa shape index (κ1) is 16.2. The molecule has 0 aromatic heterocycles. The Morgan fingerprint density at radius 1 is 1.00 bits per heavy atom. The Morgan fingerprint density at radius 2 is 1.71 bits per heavy atom. The number of ether oxygens (including phenoxy) is 2. The molecule has 1 aliphatic rings. The minimum atomic E-state index is -0.172. The van der Waals surface area contributed by atoms with E-state index in [1.807, 2.05) is 18.2 Å². The van der Waals surface area contributed by atoms with Crippen molar-refractivity contribution in [1.82, 2.24) is 0 Å². The zero-order valence-corrected chi connectivity index (χ0v) is 14.0. The fourth-order valence-corrected chi connectivity index (χ4v) is 2.90. The predicted molar refractivity (Wildman–Crippen MR) is 95.4 cm³/mol. The first-order valence-corrected chi connectivity index (χ1v) is 8.09. The summed E-state index contributed by atoms with van der Waals surface area (Å²) in [6, 6.07) is 12.9. The number of nitrogens with zero attached hydrogens (tertiary/aromatic N) is 1. The molecule has 1 amide bonds. The van der Waals surface area contributed by atoms with Crippen molar-refractivity contribution in [2.24, 2.45) is 0 Å². The van der Waals surface area contributed by atoms with E-state index in [1.54, 1.807) is 38.5 Å². The number of carbonyl (C=O) groups excluding carboxylic acids is 1. The number of hydrogen-bond donors (Lipinski definition) is 1. The van der Waals surface area contributed by atoms with Gasteiger partial charge >= 0.3 is 0 Å². The van der Waals surface area contributed by atoms with Crippen molar-refractivity contribution in [2.45, 2.75) is 12.8 Å². The average molecular weight is 326 g/mol. The van der Waals surface area contributed by atoms with E-state index in [4.69, 9.17) is 9.47 Å². The summed E-state index contributed by atoms with van der Waals surface area (Å²) in [5.41, 5.74) is 2.37. The van der Waals surface area contributed by atoms with Crippen LogP contribution in [0.5, 0.6) is 11.5 Å². The van der Waals surface area contributed by atoms with Crippen molar-refractivity contribution in [3.63, 3.8) is 0 Å². The van der Waals surface area contributed by atoms with E-state index in [1.165, 1.54) is 12.8 Å². The smallest absolute Gasteiger partial charge is 0.255 e. The number of nitrogens with one attached hydrogen (secondary N) is 1. The van der Waals surface area contributed by atoms with Crippen LogP contribution < -0.4 is 19.7 Å². The minimum Gasteiger partial charge on any atom is -0.497 e. The number of rotatable bonds is 5. The van der Waals surface area contributed by atoms with E-state index in [9.17, 15) is 4.79 Å². The molecular formula is C19H22N2O3. The molecule has 24 heavy (non-hydrogen) atoms. The summed E-state index contributed by atoms with van der Waals surface area (Å²) < 4.78 is 10.5. The minimum absolute atomic E-state index is 0.172. The van der Waals surface area contributed by atoms with Crippen molar-refractivity contribution >= 4 is 17.3 Å². The van der Waals surface area contributed by atoms with Crippen LogP contribution in [0.4, 0.5) is 11.4 Å². The van der Waals surface area contributed by atoms with Gasteiger partial charge in [-0.05, 0) is 55.3 Å². The lowest BCUT2D eigenvalue weighted by atomic mass is 10.2. The predicted octanol–water partition coefficient (Wildman–Crippen LogP) is 3.56. The Balaban J connectivity index is 1.81. The number of hydrogen-bond acceptors (Lipinski definition) is 4. The van der Waals surface area contributed by atoms with E-state index in [0.717, 1.165) is 24.5 Å². The van der Waals surface area contributed by atoms with Gasteiger partial charge in [0.15, 0.2) is 0 Å². The second-order valence-corrected chi connectivity index (χ2v) is 5.76. The molecule has 5 heteroatoms. The van der Waals surface area contributed by atoms with E-state index in [0.29, 0.717) is 17.0 Å². The number of methoxy groups -OCH3 is 2. The van der Waals surface area contributed by atoms with Crippen LogP contribution in [0.25, 0.3) is 0 Å². The molecule has 0 atom stereocenters. The highest BCUT2D eigenvalue weighted by Crippen LogP contribution is 2.31. The van der Waals surface area contributed by atoms with Crippen molar-refractivity contribution in [3.05, 3.63) is 48.0 Å². The quantitative estimate of drug-likeness (QED) is 0.913. The molecule has 1 saturated heterocycles. The number of anilines is 2. The summed E-state index contributed by atoms with van der Waals surface area (Å²) in [4.78, 5) is 14.8. The molecule has 1 aliphatic heterocycles. The van der Waals surface area contributed by atoms with E-state index in [2.05, 4.69) is 10.2 Å². The van der Waals surface area contributed by atoms with Crippen molar-refractivity contribution in [1.29, 1.82) is 0 Å². The van der Waals surface area contributed by atoms with Crippen LogP contribution >= 0.6 is 0 Å². The normalized spacial score (nSPS) is 13.7. The van der Waals surface area contributed by atoms with Crippen LogP contribution in [0.1, 0.15) is 23.2 Å². The molecule has 0 unspecified atom stereocenters. The lowest BCUT2D eigenvalue weighted by molar-refractivity contribution is 0.102. The largest absolute Gasteiger partial charge is 0.497 e. The molecule has 0 bridgehead atoms. The molecule has 0 spiro atoms. The third kappa shape index (κ3) is 3.45. The summed E-state index contributed by atoms with van der Waals surface area (Å²) >= 11 is 0. The fraction of sp³-hybridized carbons (Fsp3) is 0.316. The van der Waals surface area contributed by atoms with Gasteiger partial charge in [0.1, 0.15) is 11.5 Å². The van der Waals surface area contributed by atoms with E-state index in [-0.39, 0.29) is 5.91 Å². The second-order valence-electron chi connectivity index (χ2n) is 5.76. The van der Waals surface area contributed by atoms with Gasteiger partial charge in [-0.3, -0.25) is 4.79 Å². The average Bonchev–Trinajstić information content (AvgIpc) is 3.16. The standard InChI is InChI=1S/C19H22N2O3/c1-23-16-8-5-14(6-9-16)19(22)20-17-13-15(7-10-18(17)24-2)21-11-3-4-12-21/h5-10,13H,3-4,11-12H2,1-2H3,(H,20,22). The van der Waals surface area contributed by atoms with E-state index < -0.39 is 0 Å². The molecule has 2 aromatic carbocycles. The molecule has 5 nitrogen and oxygen atoms in total.